The molecule has 6 heteroatoms. The first-order valence-corrected chi connectivity index (χ1v) is 9.26. The Morgan fingerprint density at radius 1 is 1.12 bits per heavy atom. The zero-order valence-electron chi connectivity index (χ0n) is 15.1. The molecular weight excluding hydrogens is 416 g/mol. The van der Waals surface area contributed by atoms with Gasteiger partial charge in [-0.25, -0.2) is 0 Å². The van der Waals surface area contributed by atoms with Crippen LogP contribution in [0.1, 0.15) is 25.0 Å². The van der Waals surface area contributed by atoms with Crippen molar-refractivity contribution in [2.24, 2.45) is 5.92 Å². The Morgan fingerprint density at radius 3 is 2.54 bits per heavy atom. The summed E-state index contributed by atoms with van der Waals surface area (Å²) in [5, 5.41) is 6.27. The maximum Gasteiger partial charge on any atom is 0.258 e. The molecule has 4 nitrogen and oxygen atoms in total. The van der Waals surface area contributed by atoms with Crippen LogP contribution >= 0.6 is 28.3 Å². The zero-order valence-corrected chi connectivity index (χ0v) is 17.5. The summed E-state index contributed by atoms with van der Waals surface area (Å²) in [5.74, 6) is 1.18. The van der Waals surface area contributed by atoms with Gasteiger partial charge in [-0.3, -0.25) is 4.79 Å². The highest BCUT2D eigenvalue weighted by Gasteiger charge is 2.08. The first-order chi connectivity index (χ1) is 12.0. The van der Waals surface area contributed by atoms with Crippen LogP contribution in [0.4, 0.5) is 0 Å². The van der Waals surface area contributed by atoms with E-state index in [1.807, 2.05) is 48.5 Å². The second kappa shape index (κ2) is 11.9. The maximum absolute atomic E-state index is 12.0. The van der Waals surface area contributed by atoms with E-state index in [0.29, 0.717) is 19.0 Å². The van der Waals surface area contributed by atoms with Crippen molar-refractivity contribution in [1.82, 2.24) is 10.6 Å². The van der Waals surface area contributed by atoms with E-state index >= 15 is 0 Å². The topological polar surface area (TPSA) is 50.4 Å². The van der Waals surface area contributed by atoms with Gasteiger partial charge < -0.3 is 15.4 Å². The van der Waals surface area contributed by atoms with Gasteiger partial charge in [0, 0.05) is 23.1 Å². The Hall–Kier alpha value is -1.56. The third-order valence-electron chi connectivity index (χ3n) is 3.58. The van der Waals surface area contributed by atoms with Gasteiger partial charge in [0.25, 0.3) is 5.91 Å². The van der Waals surface area contributed by atoms with Gasteiger partial charge in [-0.2, -0.15) is 0 Å². The van der Waals surface area contributed by atoms with Gasteiger partial charge in [0.05, 0.1) is 0 Å². The fraction of sp³-hybridized carbons (Fsp3) is 0.350. The molecule has 0 atom stereocenters. The van der Waals surface area contributed by atoms with Crippen LogP contribution in [0.25, 0.3) is 0 Å². The first kappa shape index (κ1) is 22.5. The standard InChI is InChI=1S/C20H25BrN2O2.ClH/c1-15(2)11-22-13-17-10-18(21)8-9-19(17)25-14-20(24)23-12-16-6-4-3-5-7-16;/h3-10,15,22H,11-14H2,1-2H3,(H,23,24);1H. The fourth-order valence-electron chi connectivity index (χ4n) is 2.31. The van der Waals surface area contributed by atoms with Gasteiger partial charge in [0.15, 0.2) is 6.61 Å². The highest BCUT2D eigenvalue weighted by atomic mass is 79.9. The van der Waals surface area contributed by atoms with Crippen LogP contribution in [-0.4, -0.2) is 19.1 Å². The number of nitrogens with one attached hydrogen (secondary N) is 2. The predicted molar refractivity (Wildman–Crippen MR) is 112 cm³/mol. The maximum atomic E-state index is 12.0. The SMILES string of the molecule is CC(C)CNCc1cc(Br)ccc1OCC(=O)NCc1ccccc1.Cl. The third kappa shape index (κ3) is 8.21. The number of rotatable bonds is 9. The van der Waals surface area contributed by atoms with Gasteiger partial charge in [0.1, 0.15) is 5.75 Å². The van der Waals surface area contributed by atoms with Crippen LogP contribution < -0.4 is 15.4 Å². The second-order valence-corrected chi connectivity index (χ2v) is 7.24. The average molecular weight is 442 g/mol. The normalized spacial score (nSPS) is 10.3. The Kier molecular flexibility index (Phi) is 10.3. The molecule has 142 valence electrons. The molecule has 0 aromatic heterocycles. The van der Waals surface area contributed by atoms with Crippen LogP contribution in [0.3, 0.4) is 0 Å². The van der Waals surface area contributed by atoms with E-state index in [-0.39, 0.29) is 24.9 Å². The van der Waals surface area contributed by atoms with Crippen molar-refractivity contribution in [1.29, 1.82) is 0 Å². The Balaban J connectivity index is 0.00000338. The van der Waals surface area contributed by atoms with Crippen LogP contribution in [0, 0.1) is 5.92 Å². The number of ether oxygens (including phenoxy) is 1. The number of carbonyl (C=O) groups is 1. The number of halogens is 2. The van der Waals surface area contributed by atoms with E-state index in [0.717, 1.165) is 27.9 Å². The molecule has 0 radical (unpaired) electrons. The summed E-state index contributed by atoms with van der Waals surface area (Å²) >= 11 is 3.49. The summed E-state index contributed by atoms with van der Waals surface area (Å²) in [4.78, 5) is 12.0. The minimum Gasteiger partial charge on any atom is -0.483 e. The van der Waals surface area contributed by atoms with Crippen molar-refractivity contribution < 1.29 is 9.53 Å². The molecule has 2 aromatic rings. The molecule has 0 aliphatic rings. The number of benzene rings is 2. The molecule has 0 bridgehead atoms. The molecule has 0 saturated heterocycles. The van der Waals surface area contributed by atoms with Crippen molar-refractivity contribution >= 4 is 34.2 Å². The summed E-state index contributed by atoms with van der Waals surface area (Å²) in [5.41, 5.74) is 2.10. The van der Waals surface area contributed by atoms with Gasteiger partial charge in [-0.1, -0.05) is 60.1 Å². The lowest BCUT2D eigenvalue weighted by Crippen LogP contribution is -2.28. The predicted octanol–water partition coefficient (Wildman–Crippen LogP) is 4.31. The summed E-state index contributed by atoms with van der Waals surface area (Å²) in [6.07, 6.45) is 0. The molecule has 2 rings (SSSR count). The van der Waals surface area contributed by atoms with Gasteiger partial charge in [0.2, 0.25) is 0 Å². The van der Waals surface area contributed by atoms with E-state index < -0.39 is 0 Å². The lowest BCUT2D eigenvalue weighted by atomic mass is 10.2. The molecule has 0 spiro atoms. The number of carbonyl (C=O) groups excluding carboxylic acids is 1. The highest BCUT2D eigenvalue weighted by Crippen LogP contribution is 2.23. The van der Waals surface area contributed by atoms with Crippen molar-refractivity contribution in [3.8, 4) is 5.75 Å². The summed E-state index contributed by atoms with van der Waals surface area (Å²) in [6.45, 7) is 6.49. The zero-order chi connectivity index (χ0) is 18.1. The molecule has 1 amide bonds. The van der Waals surface area contributed by atoms with Crippen molar-refractivity contribution in [2.45, 2.75) is 26.9 Å². The molecule has 2 N–H and O–H groups in total. The third-order valence-corrected chi connectivity index (χ3v) is 4.08. The van der Waals surface area contributed by atoms with E-state index in [1.54, 1.807) is 0 Å². The Bertz CT molecular complexity index is 681. The first-order valence-electron chi connectivity index (χ1n) is 8.47. The molecule has 0 aliphatic carbocycles. The number of hydrogen-bond donors (Lipinski definition) is 2. The second-order valence-electron chi connectivity index (χ2n) is 6.33. The molecule has 0 fully saturated rings. The van der Waals surface area contributed by atoms with E-state index in [1.165, 1.54) is 0 Å². The molecule has 0 heterocycles. The van der Waals surface area contributed by atoms with Gasteiger partial charge in [-0.05, 0) is 36.2 Å². The minimum absolute atomic E-state index is 0. The smallest absolute Gasteiger partial charge is 0.258 e. The fourth-order valence-corrected chi connectivity index (χ4v) is 2.72. The van der Waals surface area contributed by atoms with Crippen molar-refractivity contribution in [3.05, 3.63) is 64.1 Å². The number of amides is 1. The highest BCUT2D eigenvalue weighted by molar-refractivity contribution is 9.10. The average Bonchev–Trinajstić information content (AvgIpc) is 2.60. The molecule has 0 unspecified atom stereocenters. The van der Waals surface area contributed by atoms with E-state index in [4.69, 9.17) is 4.74 Å². The molecular formula is C20H26BrClN2O2. The summed E-state index contributed by atoms with van der Waals surface area (Å²) < 4.78 is 6.72. The molecule has 26 heavy (non-hydrogen) atoms. The minimum atomic E-state index is -0.132. The lowest BCUT2D eigenvalue weighted by Gasteiger charge is -2.14. The van der Waals surface area contributed by atoms with Crippen LogP contribution in [0.15, 0.2) is 53.0 Å². The van der Waals surface area contributed by atoms with Crippen LogP contribution in [0.5, 0.6) is 5.75 Å². The van der Waals surface area contributed by atoms with E-state index in [9.17, 15) is 4.79 Å². The molecule has 2 aromatic carbocycles. The molecule has 0 aliphatic heterocycles. The van der Waals surface area contributed by atoms with E-state index in [2.05, 4.69) is 40.4 Å². The largest absolute Gasteiger partial charge is 0.483 e. The number of hydrogen-bond acceptors (Lipinski definition) is 3. The Morgan fingerprint density at radius 2 is 1.85 bits per heavy atom. The van der Waals surface area contributed by atoms with Crippen molar-refractivity contribution in [3.63, 3.8) is 0 Å². The van der Waals surface area contributed by atoms with Crippen LogP contribution in [0.2, 0.25) is 0 Å². The van der Waals surface area contributed by atoms with Crippen molar-refractivity contribution in [2.75, 3.05) is 13.2 Å². The Labute approximate surface area is 170 Å². The quantitative estimate of drug-likeness (QED) is 0.609. The monoisotopic (exact) mass is 440 g/mol. The summed E-state index contributed by atoms with van der Waals surface area (Å²) in [7, 11) is 0. The van der Waals surface area contributed by atoms with Gasteiger partial charge >= 0.3 is 0 Å². The van der Waals surface area contributed by atoms with Crippen LogP contribution in [-0.2, 0) is 17.9 Å². The lowest BCUT2D eigenvalue weighted by molar-refractivity contribution is -0.123. The molecule has 0 saturated carbocycles. The van der Waals surface area contributed by atoms with Gasteiger partial charge in [-0.15, -0.1) is 12.4 Å². The summed E-state index contributed by atoms with van der Waals surface area (Å²) in [6, 6.07) is 15.7.